The average molecular weight is 355 g/mol. The zero-order valence-corrected chi connectivity index (χ0v) is 16.2. The van der Waals surface area contributed by atoms with Gasteiger partial charge in [-0.25, -0.2) is 8.42 Å². The Morgan fingerprint density at radius 1 is 1.17 bits per heavy atom. The number of benzene rings is 1. The van der Waals surface area contributed by atoms with E-state index in [4.69, 9.17) is 4.74 Å². The average Bonchev–Trinajstić information content (AvgIpc) is 2.45. The first-order chi connectivity index (χ1) is 10.6. The molecule has 0 saturated carbocycles. The lowest BCUT2D eigenvalue weighted by molar-refractivity contribution is -0.124. The van der Waals surface area contributed by atoms with Gasteiger partial charge in [-0.3, -0.25) is 4.79 Å². The second kappa shape index (κ2) is 8.03. The molecule has 6 heteroatoms. The van der Waals surface area contributed by atoms with Gasteiger partial charge in [0.05, 0.1) is 4.90 Å². The minimum Gasteiger partial charge on any atom is -0.358 e. The molecule has 1 atom stereocenters. The van der Waals surface area contributed by atoms with Crippen molar-refractivity contribution in [3.63, 3.8) is 0 Å². The van der Waals surface area contributed by atoms with Crippen molar-refractivity contribution in [3.8, 4) is 0 Å². The highest BCUT2D eigenvalue weighted by molar-refractivity contribution is 7.92. The molecular weight excluding hydrogens is 328 g/mol. The largest absolute Gasteiger partial charge is 0.358 e. The molecule has 23 heavy (non-hydrogen) atoms. The molecule has 0 saturated heterocycles. The molecule has 0 aliphatic rings. The topological polar surface area (TPSA) is 60.4 Å². The number of methoxy groups -OCH3 is 1. The van der Waals surface area contributed by atoms with Crippen molar-refractivity contribution in [2.75, 3.05) is 7.11 Å². The molecule has 0 bridgehead atoms. The van der Waals surface area contributed by atoms with Gasteiger partial charge in [0.15, 0.2) is 5.78 Å². The van der Waals surface area contributed by atoms with E-state index in [9.17, 15) is 13.2 Å². The molecule has 128 valence electrons. The molecular formula is C17H26O4SSi. The van der Waals surface area contributed by atoms with Crippen molar-refractivity contribution >= 4 is 23.7 Å². The van der Waals surface area contributed by atoms with Crippen LogP contribution < -0.4 is 0 Å². The Bertz CT molecular complexity index is 645. The van der Waals surface area contributed by atoms with Gasteiger partial charge in [-0.1, -0.05) is 43.4 Å². The van der Waals surface area contributed by atoms with Crippen molar-refractivity contribution in [1.29, 1.82) is 0 Å². The minimum absolute atomic E-state index is 0.0983. The molecule has 0 fully saturated rings. The highest BCUT2D eigenvalue weighted by Gasteiger charge is 2.33. The predicted octanol–water partition coefficient (Wildman–Crippen LogP) is 3.68. The van der Waals surface area contributed by atoms with Crippen molar-refractivity contribution in [1.82, 2.24) is 0 Å². The van der Waals surface area contributed by atoms with Crippen LogP contribution in [0.3, 0.4) is 0 Å². The molecule has 0 radical (unpaired) electrons. The summed E-state index contributed by atoms with van der Waals surface area (Å²) in [7, 11) is -3.85. The second-order valence-electron chi connectivity index (χ2n) is 6.88. The summed E-state index contributed by atoms with van der Waals surface area (Å²) >= 11 is 0. The van der Waals surface area contributed by atoms with E-state index >= 15 is 0 Å². The normalized spacial score (nSPS) is 13.6. The summed E-state index contributed by atoms with van der Waals surface area (Å²) in [6.45, 7) is 10.7. The smallest absolute Gasteiger partial charge is 0.221 e. The zero-order valence-electron chi connectivity index (χ0n) is 14.3. The van der Waals surface area contributed by atoms with E-state index in [-0.39, 0.29) is 11.3 Å². The van der Waals surface area contributed by atoms with Gasteiger partial charge in [-0.2, -0.15) is 0 Å². The van der Waals surface area contributed by atoms with Gasteiger partial charge in [-0.05, 0) is 24.6 Å². The Labute approximate surface area is 140 Å². The quantitative estimate of drug-likeness (QED) is 0.501. The van der Waals surface area contributed by atoms with Gasteiger partial charge in [0, 0.05) is 21.6 Å². The van der Waals surface area contributed by atoms with Crippen LogP contribution in [-0.2, 0) is 19.4 Å². The first-order valence-corrected chi connectivity index (χ1v) is 12.8. The molecule has 0 spiro atoms. The van der Waals surface area contributed by atoms with E-state index in [2.05, 4.69) is 26.2 Å². The van der Waals surface area contributed by atoms with Crippen molar-refractivity contribution in [2.45, 2.75) is 48.9 Å². The second-order valence-corrected chi connectivity index (χ2v) is 14.3. The fourth-order valence-corrected chi connectivity index (χ4v) is 5.60. The Morgan fingerprint density at radius 3 is 2.22 bits per heavy atom. The Morgan fingerprint density at radius 2 is 1.74 bits per heavy atom. The fourth-order valence-electron chi connectivity index (χ4n) is 2.42. The van der Waals surface area contributed by atoms with Crippen LogP contribution in [0.5, 0.6) is 0 Å². The van der Waals surface area contributed by atoms with Crippen LogP contribution in [0.15, 0.2) is 47.4 Å². The molecule has 0 aliphatic heterocycles. The maximum Gasteiger partial charge on any atom is 0.221 e. The fraction of sp³-hybridized carbons (Fsp3) is 0.471. The van der Waals surface area contributed by atoms with Crippen molar-refractivity contribution in [3.05, 3.63) is 42.5 Å². The first-order valence-electron chi connectivity index (χ1n) is 7.59. The summed E-state index contributed by atoms with van der Waals surface area (Å²) in [6, 6.07) is 8.85. The third-order valence-electron chi connectivity index (χ3n) is 3.34. The number of ketones is 1. The Kier molecular flexibility index (Phi) is 6.92. The van der Waals surface area contributed by atoms with Gasteiger partial charge in [-0.15, -0.1) is 6.58 Å². The van der Waals surface area contributed by atoms with Gasteiger partial charge >= 0.3 is 0 Å². The maximum absolute atomic E-state index is 12.5. The Hall–Kier alpha value is -1.24. The van der Waals surface area contributed by atoms with Crippen molar-refractivity contribution < 1.29 is 17.9 Å². The van der Waals surface area contributed by atoms with Gasteiger partial charge < -0.3 is 4.74 Å². The highest BCUT2D eigenvalue weighted by atomic mass is 32.2. The third kappa shape index (κ3) is 6.05. The molecule has 4 nitrogen and oxygen atoms in total. The number of carbonyl (C=O) groups is 1. The van der Waals surface area contributed by atoms with Crippen LogP contribution in [0, 0.1) is 0 Å². The van der Waals surface area contributed by atoms with E-state index in [1.165, 1.54) is 19.2 Å². The lowest BCUT2D eigenvalue weighted by Gasteiger charge is -2.18. The van der Waals surface area contributed by atoms with E-state index in [1.807, 2.05) is 0 Å². The molecule has 1 unspecified atom stereocenters. The number of sulfone groups is 1. The summed E-state index contributed by atoms with van der Waals surface area (Å²) in [4.78, 5) is 12.4. The maximum atomic E-state index is 12.5. The molecule has 0 aromatic heterocycles. The third-order valence-corrected chi connectivity index (χ3v) is 6.84. The lowest BCUT2D eigenvalue weighted by atomic mass is 10.1. The van der Waals surface area contributed by atoms with Crippen LogP contribution >= 0.6 is 0 Å². The summed E-state index contributed by atoms with van der Waals surface area (Å²) in [5.41, 5.74) is -0.450. The standard InChI is InChI=1S/C17H26O4SSi/c1-14(13-23(3,4)5)11-12-16(18)17(21-2)22(19,20)15-9-7-6-8-10-15/h6-10,17H,1,11-13H2,2-5H3. The van der Waals surface area contributed by atoms with Crippen molar-refractivity contribution in [2.24, 2.45) is 0 Å². The first kappa shape index (κ1) is 19.8. The van der Waals surface area contributed by atoms with Crippen LogP contribution in [0.4, 0.5) is 0 Å². The molecule has 1 aromatic carbocycles. The summed E-state index contributed by atoms with van der Waals surface area (Å²) in [6.07, 6.45) is 0.640. The van der Waals surface area contributed by atoms with E-state index < -0.39 is 29.1 Å². The summed E-state index contributed by atoms with van der Waals surface area (Å²) in [5, 5.41) is 0. The van der Waals surface area contributed by atoms with Gasteiger partial charge in [0.2, 0.25) is 15.3 Å². The molecule has 0 amide bonds. The monoisotopic (exact) mass is 354 g/mol. The van der Waals surface area contributed by atoms with E-state index in [0.29, 0.717) is 6.42 Å². The summed E-state index contributed by atoms with van der Waals surface area (Å²) in [5.74, 6) is -0.423. The van der Waals surface area contributed by atoms with Gasteiger partial charge in [0.25, 0.3) is 0 Å². The number of carbonyl (C=O) groups excluding carboxylic acids is 1. The predicted molar refractivity (Wildman–Crippen MR) is 96.0 cm³/mol. The minimum atomic E-state index is -3.83. The van der Waals surface area contributed by atoms with Crippen LogP contribution in [0.25, 0.3) is 0 Å². The number of allylic oxidation sites excluding steroid dienone is 1. The van der Waals surface area contributed by atoms with Crippen LogP contribution in [-0.4, -0.2) is 34.8 Å². The van der Waals surface area contributed by atoms with E-state index in [0.717, 1.165) is 11.6 Å². The van der Waals surface area contributed by atoms with Gasteiger partial charge in [0.1, 0.15) is 0 Å². The zero-order chi connectivity index (χ0) is 17.7. The number of rotatable bonds is 9. The number of hydrogen-bond donors (Lipinski definition) is 0. The number of hydrogen-bond acceptors (Lipinski definition) is 4. The lowest BCUT2D eigenvalue weighted by Crippen LogP contribution is -2.32. The SMILES string of the molecule is C=C(CCC(=O)C(OC)S(=O)(=O)c1ccccc1)C[Si](C)(C)C. The van der Waals surface area contributed by atoms with Crippen LogP contribution in [0.2, 0.25) is 25.7 Å². The molecule has 0 N–H and O–H groups in total. The Balaban J connectivity index is 2.78. The van der Waals surface area contributed by atoms with Crippen LogP contribution in [0.1, 0.15) is 12.8 Å². The number of Topliss-reactive ketones (excluding diaryl/α,β-unsaturated/α-hetero) is 1. The molecule has 0 aliphatic carbocycles. The number of ether oxygens (including phenoxy) is 1. The summed E-state index contributed by atoms with van der Waals surface area (Å²) < 4.78 is 30.0. The molecule has 1 aromatic rings. The van der Waals surface area contributed by atoms with E-state index in [1.54, 1.807) is 18.2 Å². The molecule has 0 heterocycles. The highest BCUT2D eigenvalue weighted by Crippen LogP contribution is 2.22. The molecule has 1 rings (SSSR count).